The standard InChI is InChI=1S/C16H12N2O2S/c1-12-2-5-15(6-3-12)21(19,20)18-9-8-14-10-13(11-17)4-7-16(14)18/h2-10H,1H3. The number of nitrogens with zero attached hydrogens (tertiary/aromatic N) is 2. The normalized spacial score (nSPS) is 11.4. The zero-order valence-electron chi connectivity index (χ0n) is 11.3. The number of hydrogen-bond acceptors (Lipinski definition) is 3. The number of aryl methyl sites for hydroxylation is 1. The van der Waals surface area contributed by atoms with Crippen LogP contribution in [0.5, 0.6) is 0 Å². The zero-order chi connectivity index (χ0) is 15.0. The van der Waals surface area contributed by atoms with E-state index in [-0.39, 0.29) is 4.90 Å². The highest BCUT2D eigenvalue weighted by atomic mass is 32.2. The SMILES string of the molecule is Cc1ccc(S(=O)(=O)n2ccc3cc(C#N)ccc32)cc1. The predicted octanol–water partition coefficient (Wildman–Crippen LogP) is 3.06. The highest BCUT2D eigenvalue weighted by Gasteiger charge is 2.18. The first-order valence-electron chi connectivity index (χ1n) is 6.36. The van der Waals surface area contributed by atoms with Crippen LogP contribution < -0.4 is 0 Å². The summed E-state index contributed by atoms with van der Waals surface area (Å²) in [6.45, 7) is 1.91. The van der Waals surface area contributed by atoms with Crippen molar-refractivity contribution in [2.45, 2.75) is 11.8 Å². The maximum absolute atomic E-state index is 12.7. The Morgan fingerprint density at radius 3 is 2.43 bits per heavy atom. The number of aromatic nitrogens is 1. The molecule has 3 rings (SSSR count). The van der Waals surface area contributed by atoms with E-state index in [1.165, 1.54) is 10.2 Å². The highest BCUT2D eigenvalue weighted by Crippen LogP contribution is 2.23. The Labute approximate surface area is 122 Å². The quantitative estimate of drug-likeness (QED) is 0.730. The van der Waals surface area contributed by atoms with Crippen molar-refractivity contribution in [3.8, 4) is 6.07 Å². The van der Waals surface area contributed by atoms with Gasteiger partial charge in [0.1, 0.15) is 0 Å². The molecule has 1 heterocycles. The Morgan fingerprint density at radius 2 is 1.76 bits per heavy atom. The van der Waals surface area contributed by atoms with E-state index in [1.54, 1.807) is 48.5 Å². The van der Waals surface area contributed by atoms with Gasteiger partial charge in [-0.15, -0.1) is 0 Å². The second-order valence-corrected chi connectivity index (χ2v) is 6.63. The number of nitriles is 1. The van der Waals surface area contributed by atoms with Gasteiger partial charge < -0.3 is 0 Å². The molecule has 0 spiro atoms. The molecule has 0 saturated carbocycles. The lowest BCUT2D eigenvalue weighted by Crippen LogP contribution is -2.11. The van der Waals surface area contributed by atoms with Gasteiger partial charge in [-0.05, 0) is 43.3 Å². The van der Waals surface area contributed by atoms with Gasteiger partial charge in [-0.25, -0.2) is 12.4 Å². The van der Waals surface area contributed by atoms with Crippen molar-refractivity contribution >= 4 is 20.9 Å². The molecular formula is C16H12N2O2S. The van der Waals surface area contributed by atoms with Crippen molar-refractivity contribution in [3.63, 3.8) is 0 Å². The fourth-order valence-electron chi connectivity index (χ4n) is 2.22. The molecule has 5 heteroatoms. The van der Waals surface area contributed by atoms with E-state index in [1.807, 2.05) is 13.0 Å². The third-order valence-corrected chi connectivity index (χ3v) is 5.07. The molecule has 2 aromatic carbocycles. The number of fused-ring (bicyclic) bond motifs is 1. The molecule has 0 unspecified atom stereocenters. The van der Waals surface area contributed by atoms with Gasteiger partial charge in [-0.1, -0.05) is 17.7 Å². The lowest BCUT2D eigenvalue weighted by molar-refractivity contribution is 0.589. The molecule has 21 heavy (non-hydrogen) atoms. The minimum absolute atomic E-state index is 0.245. The molecule has 0 bridgehead atoms. The average molecular weight is 296 g/mol. The van der Waals surface area contributed by atoms with Crippen LogP contribution in [0.1, 0.15) is 11.1 Å². The maximum Gasteiger partial charge on any atom is 0.268 e. The summed E-state index contributed by atoms with van der Waals surface area (Å²) in [6, 6.07) is 15.4. The van der Waals surface area contributed by atoms with Crippen LogP contribution in [0.3, 0.4) is 0 Å². The lowest BCUT2D eigenvalue weighted by atomic mass is 10.2. The number of rotatable bonds is 2. The summed E-state index contributed by atoms with van der Waals surface area (Å²) in [7, 11) is -3.62. The van der Waals surface area contributed by atoms with E-state index in [4.69, 9.17) is 5.26 Å². The first-order valence-corrected chi connectivity index (χ1v) is 7.80. The molecule has 0 atom stereocenters. The van der Waals surface area contributed by atoms with E-state index in [0.29, 0.717) is 11.1 Å². The van der Waals surface area contributed by atoms with Gasteiger partial charge in [0.15, 0.2) is 0 Å². The lowest BCUT2D eigenvalue weighted by Gasteiger charge is -2.08. The monoisotopic (exact) mass is 296 g/mol. The number of hydrogen-bond donors (Lipinski definition) is 0. The summed E-state index contributed by atoms with van der Waals surface area (Å²) >= 11 is 0. The van der Waals surface area contributed by atoms with E-state index < -0.39 is 10.0 Å². The maximum atomic E-state index is 12.7. The molecule has 0 aliphatic carbocycles. The van der Waals surface area contributed by atoms with Gasteiger partial charge in [0.05, 0.1) is 22.0 Å². The molecule has 0 radical (unpaired) electrons. The molecule has 0 fully saturated rings. The molecule has 1 aromatic heterocycles. The van der Waals surface area contributed by atoms with Gasteiger partial charge in [-0.3, -0.25) is 0 Å². The fourth-order valence-corrected chi connectivity index (χ4v) is 3.57. The molecule has 0 amide bonds. The first-order chi connectivity index (χ1) is 10.0. The van der Waals surface area contributed by atoms with Crippen LogP contribution in [0, 0.1) is 18.3 Å². The predicted molar refractivity (Wildman–Crippen MR) is 80.4 cm³/mol. The average Bonchev–Trinajstić information content (AvgIpc) is 2.91. The Bertz CT molecular complexity index is 962. The van der Waals surface area contributed by atoms with Crippen molar-refractivity contribution in [2.24, 2.45) is 0 Å². The topological polar surface area (TPSA) is 62.9 Å². The third kappa shape index (κ3) is 2.20. The molecular weight excluding hydrogens is 284 g/mol. The van der Waals surface area contributed by atoms with Crippen molar-refractivity contribution in [1.82, 2.24) is 3.97 Å². The summed E-state index contributed by atoms with van der Waals surface area (Å²) in [6.07, 6.45) is 1.51. The van der Waals surface area contributed by atoms with Crippen LogP contribution in [0.25, 0.3) is 10.9 Å². The molecule has 104 valence electrons. The van der Waals surface area contributed by atoms with E-state index in [9.17, 15) is 8.42 Å². The van der Waals surface area contributed by atoms with Crippen LogP contribution in [0.4, 0.5) is 0 Å². The molecule has 0 N–H and O–H groups in total. The largest absolute Gasteiger partial charge is 0.268 e. The van der Waals surface area contributed by atoms with Crippen molar-refractivity contribution < 1.29 is 8.42 Å². The second kappa shape index (κ2) is 4.76. The summed E-state index contributed by atoms with van der Waals surface area (Å²) < 4.78 is 26.6. The van der Waals surface area contributed by atoms with Crippen molar-refractivity contribution in [3.05, 3.63) is 65.9 Å². The van der Waals surface area contributed by atoms with Crippen molar-refractivity contribution in [2.75, 3.05) is 0 Å². The Morgan fingerprint density at radius 1 is 1.05 bits per heavy atom. The molecule has 0 saturated heterocycles. The summed E-state index contributed by atoms with van der Waals surface area (Å²) in [5.74, 6) is 0. The van der Waals surface area contributed by atoms with Crippen LogP contribution in [0.2, 0.25) is 0 Å². The van der Waals surface area contributed by atoms with E-state index in [0.717, 1.165) is 10.9 Å². The third-order valence-electron chi connectivity index (χ3n) is 3.36. The molecule has 3 aromatic rings. The summed E-state index contributed by atoms with van der Waals surface area (Å²) in [5, 5.41) is 9.62. The van der Waals surface area contributed by atoms with Crippen LogP contribution in [0.15, 0.2) is 59.6 Å². The van der Waals surface area contributed by atoms with Crippen LogP contribution in [-0.2, 0) is 10.0 Å². The van der Waals surface area contributed by atoms with Gasteiger partial charge in [0.2, 0.25) is 0 Å². The fraction of sp³-hybridized carbons (Fsp3) is 0.0625. The van der Waals surface area contributed by atoms with Gasteiger partial charge >= 0.3 is 0 Å². The summed E-state index contributed by atoms with van der Waals surface area (Å²) in [5.41, 5.74) is 2.08. The minimum atomic E-state index is -3.62. The van der Waals surface area contributed by atoms with E-state index in [2.05, 4.69) is 0 Å². The molecule has 0 aliphatic rings. The Kier molecular flexibility index (Phi) is 3.04. The van der Waals surface area contributed by atoms with Crippen molar-refractivity contribution in [1.29, 1.82) is 5.26 Å². The van der Waals surface area contributed by atoms with Gasteiger partial charge in [0, 0.05) is 11.6 Å². The highest BCUT2D eigenvalue weighted by molar-refractivity contribution is 7.90. The molecule has 0 aliphatic heterocycles. The molecule has 4 nitrogen and oxygen atoms in total. The minimum Gasteiger partial charge on any atom is -0.241 e. The van der Waals surface area contributed by atoms with Gasteiger partial charge in [-0.2, -0.15) is 5.26 Å². The Hall–Kier alpha value is -2.58. The zero-order valence-corrected chi connectivity index (χ0v) is 12.1. The number of benzene rings is 2. The summed E-state index contributed by atoms with van der Waals surface area (Å²) in [4.78, 5) is 0.245. The van der Waals surface area contributed by atoms with E-state index >= 15 is 0 Å². The van der Waals surface area contributed by atoms with Crippen LogP contribution in [-0.4, -0.2) is 12.4 Å². The second-order valence-electron chi connectivity index (χ2n) is 4.82. The Balaban J connectivity index is 2.20. The first kappa shape index (κ1) is 13.4. The van der Waals surface area contributed by atoms with Gasteiger partial charge in [0.25, 0.3) is 10.0 Å². The van der Waals surface area contributed by atoms with Crippen LogP contribution >= 0.6 is 0 Å². The smallest absolute Gasteiger partial charge is 0.241 e.